The van der Waals surface area contributed by atoms with Crippen LogP contribution in [0.5, 0.6) is 5.75 Å². The second kappa shape index (κ2) is 11.0. The molecule has 7 nitrogen and oxygen atoms in total. The van der Waals surface area contributed by atoms with Crippen molar-refractivity contribution in [2.75, 3.05) is 16.8 Å². The zero-order valence-corrected chi connectivity index (χ0v) is 24.3. The number of Topliss-reactive ketones (excluding diaryl/α,β-unsaturated/α-hetero) is 1. The van der Waals surface area contributed by atoms with Crippen molar-refractivity contribution in [2.45, 2.75) is 71.7 Å². The number of carbonyl (C=O) groups excluding carboxylic acids is 1. The quantitative estimate of drug-likeness (QED) is 0.287. The Morgan fingerprint density at radius 1 is 1.10 bits per heavy atom. The summed E-state index contributed by atoms with van der Waals surface area (Å²) in [6, 6.07) is 11.1. The summed E-state index contributed by atoms with van der Waals surface area (Å²) in [4.78, 5) is 18.1. The fourth-order valence-corrected chi connectivity index (χ4v) is 8.20. The summed E-state index contributed by atoms with van der Waals surface area (Å²) in [6.45, 7) is 6.74. The Labute approximate surface area is 238 Å². The third-order valence-corrected chi connectivity index (χ3v) is 9.95. The topological polar surface area (TPSA) is 90.3 Å². The summed E-state index contributed by atoms with van der Waals surface area (Å²) in [5, 5.41) is 3.29. The average molecular weight is 592 g/mol. The summed E-state index contributed by atoms with van der Waals surface area (Å²) in [6.07, 6.45) is -0.521. The van der Waals surface area contributed by atoms with Crippen LogP contribution in [0, 0.1) is 17.3 Å². The van der Waals surface area contributed by atoms with Crippen LogP contribution in [0.4, 0.5) is 24.8 Å². The molecule has 1 aliphatic heterocycles. The number of nitrogens with one attached hydrogen (secondary N) is 1. The van der Waals surface area contributed by atoms with E-state index in [1.165, 1.54) is 24.3 Å². The zero-order chi connectivity index (χ0) is 29.6. The van der Waals surface area contributed by atoms with Gasteiger partial charge in [-0.25, -0.2) is 13.4 Å². The van der Waals surface area contributed by atoms with Gasteiger partial charge in [0.25, 0.3) is 0 Å². The van der Waals surface area contributed by atoms with E-state index in [1.54, 1.807) is 6.07 Å². The first-order valence-corrected chi connectivity index (χ1v) is 15.9. The third kappa shape index (κ3) is 7.23. The number of alkyl halides is 3. The number of halogens is 3. The molecule has 222 valence electrons. The highest BCUT2D eigenvalue weighted by Crippen LogP contribution is 2.46. The molecule has 1 aliphatic carbocycles. The molecule has 2 atom stereocenters. The minimum absolute atomic E-state index is 0.0175. The van der Waals surface area contributed by atoms with Gasteiger partial charge >= 0.3 is 6.36 Å². The van der Waals surface area contributed by atoms with E-state index < -0.39 is 16.2 Å². The number of carbonyl (C=O) groups is 1. The normalized spacial score (nSPS) is 22.9. The van der Waals surface area contributed by atoms with Crippen molar-refractivity contribution in [3.8, 4) is 5.75 Å². The number of hydrogen-bond acceptors (Lipinski definition) is 6. The van der Waals surface area contributed by atoms with E-state index >= 15 is 0 Å². The number of nitrogens with zero attached hydrogens (tertiary/aromatic N) is 2. The molecule has 5 rings (SSSR count). The van der Waals surface area contributed by atoms with Gasteiger partial charge in [-0.2, -0.15) is 0 Å². The molecular formula is C30H36F3N3O4S. The van der Waals surface area contributed by atoms with Crippen LogP contribution in [-0.2, 0) is 9.84 Å². The van der Waals surface area contributed by atoms with Crippen LogP contribution in [0.2, 0.25) is 0 Å². The molecule has 0 spiro atoms. The van der Waals surface area contributed by atoms with Crippen molar-refractivity contribution in [1.82, 2.24) is 9.55 Å². The van der Waals surface area contributed by atoms with E-state index in [2.05, 4.69) is 35.4 Å². The number of ether oxygens (including phenoxy) is 1. The number of benzene rings is 2. The predicted molar refractivity (Wildman–Crippen MR) is 152 cm³/mol. The smallest absolute Gasteiger partial charge is 0.406 e. The van der Waals surface area contributed by atoms with Crippen LogP contribution in [0.1, 0.15) is 75.7 Å². The van der Waals surface area contributed by atoms with Gasteiger partial charge in [0.05, 0.1) is 22.5 Å². The van der Waals surface area contributed by atoms with Crippen molar-refractivity contribution >= 4 is 38.3 Å². The van der Waals surface area contributed by atoms with Gasteiger partial charge in [0.2, 0.25) is 5.95 Å². The van der Waals surface area contributed by atoms with E-state index in [0.29, 0.717) is 47.9 Å². The van der Waals surface area contributed by atoms with Gasteiger partial charge in [-0.3, -0.25) is 4.79 Å². The second-order valence-electron chi connectivity index (χ2n) is 12.5. The first-order chi connectivity index (χ1) is 19.2. The number of sulfone groups is 1. The molecule has 2 heterocycles. The minimum Gasteiger partial charge on any atom is -0.406 e. The fourth-order valence-electron chi connectivity index (χ4n) is 6.61. The summed E-state index contributed by atoms with van der Waals surface area (Å²) in [5.41, 5.74) is 2.75. The van der Waals surface area contributed by atoms with Crippen LogP contribution in [-0.4, -0.2) is 41.6 Å². The lowest BCUT2D eigenvalue weighted by molar-refractivity contribution is -0.274. The number of ketones is 1. The number of rotatable bonds is 7. The maximum Gasteiger partial charge on any atom is 0.573 e. The summed E-state index contributed by atoms with van der Waals surface area (Å²) in [7, 11) is -3.00. The molecule has 41 heavy (non-hydrogen) atoms. The Bertz CT molecular complexity index is 1520. The highest BCUT2D eigenvalue weighted by molar-refractivity contribution is 7.91. The van der Waals surface area contributed by atoms with Crippen molar-refractivity contribution in [1.29, 1.82) is 0 Å². The van der Waals surface area contributed by atoms with E-state index in [9.17, 15) is 26.4 Å². The second-order valence-corrected chi connectivity index (χ2v) is 14.8. The van der Waals surface area contributed by atoms with Crippen LogP contribution in [0.3, 0.4) is 0 Å². The van der Waals surface area contributed by atoms with Gasteiger partial charge in [0, 0.05) is 23.7 Å². The van der Waals surface area contributed by atoms with Crippen LogP contribution < -0.4 is 10.1 Å². The number of fused-ring (bicyclic) bond motifs is 1. The van der Waals surface area contributed by atoms with Crippen molar-refractivity contribution in [3.05, 3.63) is 48.0 Å². The first-order valence-electron chi connectivity index (χ1n) is 14.0. The Hall–Kier alpha value is -3.08. The maximum absolute atomic E-state index is 13.3. The highest BCUT2D eigenvalue weighted by atomic mass is 32.2. The average Bonchev–Trinajstić information content (AvgIpc) is 3.21. The summed E-state index contributed by atoms with van der Waals surface area (Å²) >= 11 is 0. The van der Waals surface area contributed by atoms with E-state index in [0.717, 1.165) is 24.8 Å². The van der Waals surface area contributed by atoms with Crippen LogP contribution in [0.25, 0.3) is 11.0 Å². The van der Waals surface area contributed by atoms with Gasteiger partial charge in [0.1, 0.15) is 15.6 Å². The predicted octanol–water partition coefficient (Wildman–Crippen LogP) is 7.46. The van der Waals surface area contributed by atoms with E-state index in [-0.39, 0.29) is 40.4 Å². The molecule has 2 aliphatic rings. The molecule has 0 unspecified atom stereocenters. The lowest BCUT2D eigenvalue weighted by atomic mass is 9.70. The van der Waals surface area contributed by atoms with E-state index in [1.807, 2.05) is 12.1 Å². The molecule has 11 heteroatoms. The molecular weight excluding hydrogens is 555 g/mol. The largest absolute Gasteiger partial charge is 0.573 e. The summed E-state index contributed by atoms with van der Waals surface area (Å²) < 4.78 is 67.6. The van der Waals surface area contributed by atoms with Gasteiger partial charge in [0.15, 0.2) is 5.78 Å². The Balaban J connectivity index is 1.47. The lowest BCUT2D eigenvalue weighted by Gasteiger charge is -2.40. The van der Waals surface area contributed by atoms with Crippen LogP contribution in [0.15, 0.2) is 42.5 Å². The first kappa shape index (κ1) is 29.4. The summed E-state index contributed by atoms with van der Waals surface area (Å²) in [5.74, 6) is 1.01. The monoisotopic (exact) mass is 591 g/mol. The van der Waals surface area contributed by atoms with E-state index in [4.69, 9.17) is 4.98 Å². The Morgan fingerprint density at radius 2 is 1.78 bits per heavy atom. The molecule has 1 saturated heterocycles. The van der Waals surface area contributed by atoms with Crippen molar-refractivity contribution in [2.24, 2.45) is 17.3 Å². The molecule has 3 aromatic rings. The molecule has 1 saturated carbocycles. The molecule has 0 amide bonds. The van der Waals surface area contributed by atoms with Gasteiger partial charge < -0.3 is 14.6 Å². The van der Waals surface area contributed by atoms with Crippen LogP contribution >= 0.6 is 0 Å². The standard InChI is InChI=1S/C30H36F3N3O4S/c1-19-14-23(18-29(2,3)17-19)36-26-16-21(27(37)15-20-10-12-41(38,39)13-11-20)4-9-25(26)35-28(36)34-22-5-7-24(8-6-22)40-30(31,32)33/h4-9,16,19-20,23H,10-15,17-18H2,1-3H3,(H,34,35)/t19-,23+/m1/s1. The molecule has 0 bridgehead atoms. The number of imidazole rings is 1. The Morgan fingerprint density at radius 3 is 2.41 bits per heavy atom. The maximum atomic E-state index is 13.3. The fraction of sp³-hybridized carbons (Fsp3) is 0.533. The number of aromatic nitrogens is 2. The molecule has 1 N–H and O–H groups in total. The SMILES string of the molecule is C[C@@H]1C[C@H](n2c(Nc3ccc(OC(F)(F)F)cc3)nc3ccc(C(=O)CC4CCS(=O)(=O)CC4)cc32)CC(C)(C)C1. The minimum atomic E-state index is -4.77. The van der Waals surface area contributed by atoms with Crippen molar-refractivity contribution < 1.29 is 31.1 Å². The molecule has 2 fully saturated rings. The Kier molecular flexibility index (Phi) is 7.86. The zero-order valence-electron chi connectivity index (χ0n) is 23.5. The lowest BCUT2D eigenvalue weighted by Crippen LogP contribution is -2.29. The number of hydrogen-bond donors (Lipinski definition) is 1. The van der Waals surface area contributed by atoms with Gasteiger partial charge in [-0.15, -0.1) is 13.2 Å². The van der Waals surface area contributed by atoms with Crippen molar-refractivity contribution in [3.63, 3.8) is 0 Å². The number of anilines is 2. The highest BCUT2D eigenvalue weighted by Gasteiger charge is 2.35. The molecule has 1 aromatic heterocycles. The van der Waals surface area contributed by atoms with Gasteiger partial charge in [-0.05, 0) is 91.8 Å². The van der Waals surface area contributed by atoms with Gasteiger partial charge in [-0.1, -0.05) is 20.8 Å². The molecule has 0 radical (unpaired) electrons. The molecule has 2 aromatic carbocycles. The third-order valence-electron chi connectivity index (χ3n) is 8.23.